The second-order valence-electron chi connectivity index (χ2n) is 7.29. The van der Waals surface area contributed by atoms with Gasteiger partial charge in [0.2, 0.25) is 10.0 Å². The molecule has 0 bridgehead atoms. The molecule has 0 N–H and O–H groups in total. The minimum atomic E-state index is -3.29. The van der Waals surface area contributed by atoms with E-state index >= 15 is 0 Å². The molecule has 17 heavy (non-hydrogen) atoms. The van der Waals surface area contributed by atoms with E-state index in [4.69, 9.17) is 0 Å². The lowest BCUT2D eigenvalue weighted by atomic mass is 9.54. The van der Waals surface area contributed by atoms with Crippen molar-refractivity contribution in [2.24, 2.45) is 10.8 Å². The Bertz CT molecular complexity index is 430. The van der Waals surface area contributed by atoms with Crippen LogP contribution in [0.2, 0.25) is 0 Å². The molecule has 0 aromatic rings. The SMILES string of the molecule is CN1C(C)(C)C(C)(C)C(C)(C)C(C)(C)S1(=O)=O. The first kappa shape index (κ1) is 15.0. The molecule has 1 saturated heterocycles. The van der Waals surface area contributed by atoms with Crippen LogP contribution in [0.3, 0.4) is 0 Å². The molecule has 0 atom stereocenters. The molecule has 0 aromatic carbocycles. The van der Waals surface area contributed by atoms with Gasteiger partial charge in [-0.25, -0.2) is 8.42 Å². The summed E-state index contributed by atoms with van der Waals surface area (Å²) in [5.41, 5.74) is -0.830. The summed E-state index contributed by atoms with van der Waals surface area (Å²) in [5.74, 6) is 0. The minimum Gasteiger partial charge on any atom is -0.212 e. The molecule has 0 aromatic heterocycles. The van der Waals surface area contributed by atoms with Gasteiger partial charge in [0.05, 0.1) is 4.75 Å². The first-order valence-corrected chi connectivity index (χ1v) is 7.58. The fourth-order valence-electron chi connectivity index (χ4n) is 2.88. The van der Waals surface area contributed by atoms with Gasteiger partial charge in [0.25, 0.3) is 0 Å². The first-order chi connectivity index (χ1) is 7.15. The minimum absolute atomic E-state index is 0.121. The number of nitrogens with zero attached hydrogens (tertiary/aromatic N) is 1. The number of sulfonamides is 1. The summed E-state index contributed by atoms with van der Waals surface area (Å²) >= 11 is 0. The summed E-state index contributed by atoms with van der Waals surface area (Å²) in [4.78, 5) is 0. The molecule has 1 fully saturated rings. The average Bonchev–Trinajstić information content (AvgIpc) is 2.13. The zero-order valence-corrected chi connectivity index (χ0v) is 13.5. The van der Waals surface area contributed by atoms with Gasteiger partial charge in [-0.05, 0) is 38.5 Å². The molecule has 0 spiro atoms. The Morgan fingerprint density at radius 3 is 1.47 bits per heavy atom. The first-order valence-electron chi connectivity index (χ1n) is 6.14. The molecule has 1 heterocycles. The maximum Gasteiger partial charge on any atom is 0.220 e. The van der Waals surface area contributed by atoms with Crippen LogP contribution in [0, 0.1) is 10.8 Å². The largest absolute Gasteiger partial charge is 0.220 e. The van der Waals surface area contributed by atoms with Crippen molar-refractivity contribution in [3.63, 3.8) is 0 Å². The summed E-state index contributed by atoms with van der Waals surface area (Å²) < 4.78 is 26.1. The van der Waals surface area contributed by atoms with Gasteiger partial charge in [-0.2, -0.15) is 4.31 Å². The van der Waals surface area contributed by atoms with Gasteiger partial charge in [-0.15, -0.1) is 0 Å². The van der Waals surface area contributed by atoms with E-state index in [1.165, 1.54) is 0 Å². The van der Waals surface area contributed by atoms with E-state index in [1.54, 1.807) is 11.4 Å². The highest BCUT2D eigenvalue weighted by Gasteiger charge is 2.67. The standard InChI is InChI=1S/C13H27NO2S/c1-10(2)11(3,4)13(7,8)17(15,16)14(9)12(10,5)6/h1-9H3. The summed E-state index contributed by atoms with van der Waals surface area (Å²) in [6.07, 6.45) is 0. The van der Waals surface area contributed by atoms with Gasteiger partial charge >= 0.3 is 0 Å². The third-order valence-electron chi connectivity index (χ3n) is 6.39. The van der Waals surface area contributed by atoms with Gasteiger partial charge < -0.3 is 0 Å². The second kappa shape index (κ2) is 3.27. The molecule has 0 saturated carbocycles. The Balaban J connectivity index is 3.69. The lowest BCUT2D eigenvalue weighted by Crippen LogP contribution is -2.73. The van der Waals surface area contributed by atoms with Crippen LogP contribution in [0.1, 0.15) is 55.4 Å². The smallest absolute Gasteiger partial charge is 0.212 e. The zero-order chi connectivity index (χ0) is 14.1. The monoisotopic (exact) mass is 261 g/mol. The maximum atomic E-state index is 12.7. The number of rotatable bonds is 0. The van der Waals surface area contributed by atoms with E-state index in [0.29, 0.717) is 0 Å². The van der Waals surface area contributed by atoms with Crippen molar-refractivity contribution in [1.29, 1.82) is 0 Å². The van der Waals surface area contributed by atoms with Crippen molar-refractivity contribution in [2.75, 3.05) is 7.05 Å². The molecule has 4 heteroatoms. The van der Waals surface area contributed by atoms with Gasteiger partial charge in [0.15, 0.2) is 0 Å². The summed E-state index contributed by atoms with van der Waals surface area (Å²) in [6, 6.07) is 0. The molecule has 1 aliphatic heterocycles. The van der Waals surface area contributed by atoms with Crippen LogP contribution >= 0.6 is 0 Å². The number of hydrogen-bond donors (Lipinski definition) is 0. The van der Waals surface area contributed by atoms with Gasteiger partial charge in [0.1, 0.15) is 0 Å². The summed E-state index contributed by atoms with van der Waals surface area (Å²) in [5, 5.41) is 0. The Morgan fingerprint density at radius 2 is 1.12 bits per heavy atom. The van der Waals surface area contributed by atoms with E-state index in [0.717, 1.165) is 0 Å². The molecule has 3 nitrogen and oxygen atoms in total. The molecule has 0 aliphatic carbocycles. The molecule has 0 amide bonds. The molecule has 0 radical (unpaired) electrons. The Labute approximate surface area is 107 Å². The normalized spacial score (nSPS) is 33.2. The Morgan fingerprint density at radius 1 is 0.765 bits per heavy atom. The van der Waals surface area contributed by atoms with Crippen molar-refractivity contribution in [1.82, 2.24) is 4.31 Å². The lowest BCUT2D eigenvalue weighted by Gasteiger charge is -2.65. The molecule has 1 aliphatic rings. The van der Waals surface area contributed by atoms with Crippen molar-refractivity contribution in [3.05, 3.63) is 0 Å². The highest BCUT2D eigenvalue weighted by atomic mass is 32.2. The van der Waals surface area contributed by atoms with E-state index in [2.05, 4.69) is 27.7 Å². The molecule has 1 rings (SSSR count). The van der Waals surface area contributed by atoms with Gasteiger partial charge in [0, 0.05) is 12.6 Å². The highest BCUT2D eigenvalue weighted by Crippen LogP contribution is 2.61. The maximum absolute atomic E-state index is 12.7. The van der Waals surface area contributed by atoms with Crippen LogP contribution in [0.4, 0.5) is 0 Å². The third kappa shape index (κ3) is 1.34. The van der Waals surface area contributed by atoms with Crippen LogP contribution in [0.25, 0.3) is 0 Å². The van der Waals surface area contributed by atoms with Gasteiger partial charge in [-0.3, -0.25) is 0 Å². The van der Waals surface area contributed by atoms with E-state index in [9.17, 15) is 8.42 Å². The third-order valence-corrected chi connectivity index (χ3v) is 9.37. The topological polar surface area (TPSA) is 37.4 Å². The van der Waals surface area contributed by atoms with E-state index in [-0.39, 0.29) is 10.8 Å². The Hall–Kier alpha value is -0.0900. The van der Waals surface area contributed by atoms with Crippen LogP contribution in [-0.2, 0) is 10.0 Å². The average molecular weight is 261 g/mol. The lowest BCUT2D eigenvalue weighted by molar-refractivity contribution is -0.0620. The second-order valence-corrected chi connectivity index (χ2v) is 9.81. The molecular weight excluding hydrogens is 234 g/mol. The Kier molecular flexibility index (Phi) is 2.88. The predicted molar refractivity (Wildman–Crippen MR) is 72.4 cm³/mol. The predicted octanol–water partition coefficient (Wildman–Crippen LogP) is 2.87. The van der Waals surface area contributed by atoms with Gasteiger partial charge in [-0.1, -0.05) is 27.7 Å². The van der Waals surface area contributed by atoms with E-state index < -0.39 is 20.3 Å². The summed E-state index contributed by atoms with van der Waals surface area (Å²) in [7, 11) is -1.59. The van der Waals surface area contributed by atoms with Crippen molar-refractivity contribution in [3.8, 4) is 0 Å². The van der Waals surface area contributed by atoms with Crippen molar-refractivity contribution < 1.29 is 8.42 Å². The quantitative estimate of drug-likeness (QED) is 0.672. The molecule has 0 unspecified atom stereocenters. The van der Waals surface area contributed by atoms with Crippen LogP contribution in [0.5, 0.6) is 0 Å². The molecule has 102 valence electrons. The van der Waals surface area contributed by atoms with Crippen LogP contribution in [0.15, 0.2) is 0 Å². The zero-order valence-electron chi connectivity index (χ0n) is 12.7. The number of hydrogen-bond acceptors (Lipinski definition) is 2. The molecular formula is C13H27NO2S. The van der Waals surface area contributed by atoms with Crippen LogP contribution in [-0.4, -0.2) is 30.1 Å². The van der Waals surface area contributed by atoms with Crippen LogP contribution < -0.4 is 0 Å². The van der Waals surface area contributed by atoms with Crippen molar-refractivity contribution in [2.45, 2.75) is 65.7 Å². The summed E-state index contributed by atoms with van der Waals surface area (Å²) in [6.45, 7) is 16.2. The highest BCUT2D eigenvalue weighted by molar-refractivity contribution is 7.90. The fraction of sp³-hybridized carbons (Fsp3) is 1.00. The van der Waals surface area contributed by atoms with E-state index in [1.807, 2.05) is 27.7 Å². The van der Waals surface area contributed by atoms with Crippen molar-refractivity contribution >= 4 is 10.0 Å². The fourth-order valence-corrected chi connectivity index (χ4v) is 5.29.